The van der Waals surface area contributed by atoms with Gasteiger partial charge in [-0.15, -0.1) is 11.3 Å². The van der Waals surface area contributed by atoms with Gasteiger partial charge in [-0.1, -0.05) is 48.3 Å². The third kappa shape index (κ3) is 3.92. The predicted octanol–water partition coefficient (Wildman–Crippen LogP) is 6.46. The number of carbonyl (C=O) groups is 1. The van der Waals surface area contributed by atoms with E-state index in [1.165, 1.54) is 5.56 Å². The van der Waals surface area contributed by atoms with Crippen molar-refractivity contribution in [3.05, 3.63) is 78.9 Å². The van der Waals surface area contributed by atoms with Gasteiger partial charge in [-0.3, -0.25) is 20.2 Å². The molecule has 0 bridgehead atoms. The van der Waals surface area contributed by atoms with Crippen LogP contribution < -0.4 is 15.4 Å². The van der Waals surface area contributed by atoms with Crippen LogP contribution in [-0.2, 0) is 11.2 Å². The van der Waals surface area contributed by atoms with Crippen LogP contribution in [0.25, 0.3) is 0 Å². The van der Waals surface area contributed by atoms with Crippen LogP contribution in [0.5, 0.6) is 0 Å². The first-order chi connectivity index (χ1) is 15.4. The molecule has 164 valence electrons. The maximum absolute atomic E-state index is 13.3. The Balaban J connectivity index is 1.48. The number of halogens is 3. The molecule has 0 radical (unpaired) electrons. The molecular formula is C23H19BrCl2N4OS. The molecule has 2 aliphatic heterocycles. The SMILES string of the molecule is C[C@@H]1C(C(=O)NN2CCc3ccccc32)=NN(c2ccc(Cl)cc2Cl)[C@@H]1c1ccc(Br)s1. The highest BCUT2D eigenvalue weighted by atomic mass is 79.9. The van der Waals surface area contributed by atoms with Crippen LogP contribution in [-0.4, -0.2) is 18.2 Å². The van der Waals surface area contributed by atoms with Crippen LogP contribution in [0.4, 0.5) is 11.4 Å². The van der Waals surface area contributed by atoms with Gasteiger partial charge in [-0.05, 0) is 64.3 Å². The highest BCUT2D eigenvalue weighted by molar-refractivity contribution is 9.11. The second-order valence-electron chi connectivity index (χ2n) is 7.77. The van der Waals surface area contributed by atoms with Crippen LogP contribution in [0.3, 0.4) is 0 Å². The molecule has 5 rings (SSSR count). The Morgan fingerprint density at radius 3 is 2.72 bits per heavy atom. The maximum atomic E-state index is 13.3. The molecule has 2 atom stereocenters. The van der Waals surface area contributed by atoms with Crippen LogP contribution in [0.1, 0.15) is 23.4 Å². The number of hydrazine groups is 1. The number of hydrogen-bond donors (Lipinski definition) is 1. The number of amides is 1. The van der Waals surface area contributed by atoms with Gasteiger partial charge >= 0.3 is 0 Å². The van der Waals surface area contributed by atoms with E-state index in [4.69, 9.17) is 28.3 Å². The average Bonchev–Trinajstić information content (AvgIpc) is 3.45. The first-order valence-corrected chi connectivity index (χ1v) is 12.5. The van der Waals surface area contributed by atoms with Gasteiger partial charge in [-0.25, -0.2) is 0 Å². The second kappa shape index (κ2) is 8.71. The summed E-state index contributed by atoms with van der Waals surface area (Å²) in [6.07, 6.45) is 0.900. The zero-order chi connectivity index (χ0) is 22.4. The van der Waals surface area contributed by atoms with E-state index in [2.05, 4.69) is 33.5 Å². The number of nitrogens with one attached hydrogen (secondary N) is 1. The highest BCUT2D eigenvalue weighted by Crippen LogP contribution is 2.45. The topological polar surface area (TPSA) is 47.9 Å². The largest absolute Gasteiger partial charge is 0.286 e. The molecule has 5 nitrogen and oxygen atoms in total. The van der Waals surface area contributed by atoms with Crippen molar-refractivity contribution in [1.82, 2.24) is 5.43 Å². The van der Waals surface area contributed by atoms with Crippen molar-refractivity contribution >= 4 is 73.5 Å². The normalized spacial score (nSPS) is 19.8. The molecule has 0 fully saturated rings. The molecule has 3 heterocycles. The maximum Gasteiger partial charge on any atom is 0.286 e. The zero-order valence-corrected chi connectivity index (χ0v) is 21.0. The Morgan fingerprint density at radius 1 is 1.16 bits per heavy atom. The molecule has 1 amide bonds. The third-order valence-corrected chi connectivity index (χ3v) is 8.01. The van der Waals surface area contributed by atoms with Crippen molar-refractivity contribution in [3.8, 4) is 0 Å². The van der Waals surface area contributed by atoms with Crippen LogP contribution in [0.2, 0.25) is 10.0 Å². The molecule has 0 spiro atoms. The number of rotatable bonds is 4. The summed E-state index contributed by atoms with van der Waals surface area (Å²) < 4.78 is 1.02. The van der Waals surface area contributed by atoms with E-state index < -0.39 is 0 Å². The van der Waals surface area contributed by atoms with Gasteiger partial charge in [0.05, 0.1) is 26.2 Å². The summed E-state index contributed by atoms with van der Waals surface area (Å²) >= 11 is 17.8. The standard InChI is InChI=1S/C23H19BrCl2N4OS/c1-13-21(23(31)28-29-11-10-14-4-2-3-5-17(14)29)27-30(18-7-6-15(25)12-16(18)26)22(13)19-8-9-20(24)32-19/h2-9,12-13,22H,10-11H2,1H3,(H,28,31)/t13-,22+/m1/s1. The minimum atomic E-state index is -0.206. The Bertz CT molecular complexity index is 1230. The highest BCUT2D eigenvalue weighted by Gasteiger charge is 2.41. The van der Waals surface area contributed by atoms with Crippen LogP contribution >= 0.6 is 50.5 Å². The number of benzene rings is 2. The first kappa shape index (κ1) is 21.8. The Labute approximate surface area is 208 Å². The van der Waals surface area contributed by atoms with Crippen molar-refractivity contribution < 1.29 is 4.79 Å². The Kier molecular flexibility index (Phi) is 5.92. The van der Waals surface area contributed by atoms with E-state index in [1.54, 1.807) is 23.5 Å². The minimum absolute atomic E-state index is 0.148. The van der Waals surface area contributed by atoms with Gasteiger partial charge in [0.1, 0.15) is 5.71 Å². The van der Waals surface area contributed by atoms with E-state index in [1.807, 2.05) is 47.3 Å². The van der Waals surface area contributed by atoms with Crippen LogP contribution in [0.15, 0.2) is 63.5 Å². The minimum Gasteiger partial charge on any atom is -0.285 e. The van der Waals surface area contributed by atoms with E-state index in [0.29, 0.717) is 21.4 Å². The van der Waals surface area contributed by atoms with E-state index >= 15 is 0 Å². The fourth-order valence-corrected chi connectivity index (χ4v) is 6.35. The molecule has 3 aromatic rings. The van der Waals surface area contributed by atoms with Gasteiger partial charge in [-0.2, -0.15) is 5.10 Å². The number of para-hydroxylation sites is 1. The fourth-order valence-electron chi connectivity index (χ4n) is 4.24. The monoisotopic (exact) mass is 548 g/mol. The number of nitrogens with zero attached hydrogens (tertiary/aromatic N) is 3. The summed E-state index contributed by atoms with van der Waals surface area (Å²) in [7, 11) is 0. The molecule has 0 aliphatic carbocycles. The number of carbonyl (C=O) groups excluding carboxylic acids is 1. The first-order valence-electron chi connectivity index (χ1n) is 10.2. The summed E-state index contributed by atoms with van der Waals surface area (Å²) in [5.74, 6) is -0.354. The van der Waals surface area contributed by atoms with E-state index in [9.17, 15) is 4.79 Å². The van der Waals surface area contributed by atoms with Crippen molar-refractivity contribution in [2.45, 2.75) is 19.4 Å². The molecule has 2 aliphatic rings. The molecule has 2 aromatic carbocycles. The Hall–Kier alpha value is -2.06. The number of thiophene rings is 1. The smallest absolute Gasteiger partial charge is 0.285 e. The number of fused-ring (bicyclic) bond motifs is 1. The van der Waals surface area contributed by atoms with Crippen molar-refractivity contribution in [1.29, 1.82) is 0 Å². The van der Waals surface area contributed by atoms with Crippen LogP contribution in [0, 0.1) is 5.92 Å². The summed E-state index contributed by atoms with van der Waals surface area (Å²) in [5, 5.41) is 9.56. The summed E-state index contributed by atoms with van der Waals surface area (Å²) in [5.41, 5.74) is 6.50. The molecule has 1 aromatic heterocycles. The molecular weight excluding hydrogens is 531 g/mol. The molecule has 0 saturated carbocycles. The second-order valence-corrected chi connectivity index (χ2v) is 11.1. The molecule has 1 N–H and O–H groups in total. The third-order valence-electron chi connectivity index (χ3n) is 5.78. The summed E-state index contributed by atoms with van der Waals surface area (Å²) in [4.78, 5) is 14.4. The molecule has 32 heavy (non-hydrogen) atoms. The number of hydrogen-bond acceptors (Lipinski definition) is 5. The van der Waals surface area contributed by atoms with Gasteiger partial charge in [0.15, 0.2) is 0 Å². The van der Waals surface area contributed by atoms with Gasteiger partial charge in [0.2, 0.25) is 0 Å². The lowest BCUT2D eigenvalue weighted by Gasteiger charge is -2.26. The van der Waals surface area contributed by atoms with Gasteiger partial charge < -0.3 is 0 Å². The van der Waals surface area contributed by atoms with Crippen molar-refractivity contribution in [3.63, 3.8) is 0 Å². The van der Waals surface area contributed by atoms with Crippen molar-refractivity contribution in [2.75, 3.05) is 16.6 Å². The quantitative estimate of drug-likeness (QED) is 0.406. The van der Waals surface area contributed by atoms with Gasteiger partial charge in [0.25, 0.3) is 5.91 Å². The molecule has 0 unspecified atom stereocenters. The van der Waals surface area contributed by atoms with E-state index in [-0.39, 0.29) is 17.9 Å². The lowest BCUT2D eigenvalue weighted by atomic mass is 9.95. The zero-order valence-electron chi connectivity index (χ0n) is 17.1. The molecule has 9 heteroatoms. The average molecular weight is 550 g/mol. The number of anilines is 2. The lowest BCUT2D eigenvalue weighted by Crippen LogP contribution is -2.45. The predicted molar refractivity (Wildman–Crippen MR) is 136 cm³/mol. The Morgan fingerprint density at radius 2 is 1.97 bits per heavy atom. The fraction of sp³-hybridized carbons (Fsp3) is 0.217. The summed E-state index contributed by atoms with van der Waals surface area (Å²) in [6.45, 7) is 2.76. The van der Waals surface area contributed by atoms with Gasteiger partial charge in [0, 0.05) is 22.4 Å². The lowest BCUT2D eigenvalue weighted by molar-refractivity contribution is -0.115. The number of hydrazone groups is 1. The van der Waals surface area contributed by atoms with E-state index in [0.717, 1.165) is 27.3 Å². The van der Waals surface area contributed by atoms with Crippen molar-refractivity contribution in [2.24, 2.45) is 11.0 Å². The summed E-state index contributed by atoms with van der Waals surface area (Å²) in [6, 6.07) is 17.3. The molecule has 0 saturated heterocycles.